The predicted octanol–water partition coefficient (Wildman–Crippen LogP) is 0.607. The second-order valence-corrected chi connectivity index (χ2v) is 5.55. The number of esters is 1. The third-order valence-electron chi connectivity index (χ3n) is 2.24. The molecule has 0 aliphatic carbocycles. The molecule has 140 valence electrons. The molecule has 0 aromatic rings. The van der Waals surface area contributed by atoms with Crippen molar-refractivity contribution in [3.63, 3.8) is 0 Å². The van der Waals surface area contributed by atoms with Crippen LogP contribution in [0.4, 0.5) is 22.0 Å². The van der Waals surface area contributed by atoms with Crippen LogP contribution in [0.5, 0.6) is 0 Å². The highest BCUT2D eigenvalue weighted by Gasteiger charge is 2.67. The number of halogens is 5. The van der Waals surface area contributed by atoms with E-state index in [1.54, 1.807) is 5.32 Å². The van der Waals surface area contributed by atoms with Gasteiger partial charge in [-0.25, -0.2) is 4.79 Å². The molecule has 0 aliphatic heterocycles. The second kappa shape index (κ2) is 7.40. The number of alkyl halides is 5. The largest absolute Gasteiger partial charge is 0.466 e. The Bertz CT molecular complexity index is 603. The molecule has 24 heavy (non-hydrogen) atoms. The highest BCUT2D eigenvalue weighted by atomic mass is 32.2. The first-order chi connectivity index (χ1) is 10.6. The number of likely N-dealkylation sites (N-methyl/N-ethyl adjacent to an activating group) is 1. The number of carbonyl (C=O) groups is 2. The molecule has 0 bridgehead atoms. The molecule has 8 nitrogen and oxygen atoms in total. The van der Waals surface area contributed by atoms with Gasteiger partial charge in [-0.2, -0.15) is 30.4 Å². The normalized spacial score (nSPS) is 15.3. The van der Waals surface area contributed by atoms with Crippen LogP contribution < -0.4 is 5.32 Å². The average Bonchev–Trinajstić information content (AvgIpc) is 2.40. The van der Waals surface area contributed by atoms with Crippen molar-refractivity contribution in [1.29, 1.82) is 0 Å². The Morgan fingerprint density at radius 2 is 1.75 bits per heavy atom. The lowest BCUT2D eigenvalue weighted by atomic mass is 10.2. The Kier molecular flexibility index (Phi) is 6.84. The lowest BCUT2D eigenvalue weighted by Crippen LogP contribution is -2.62. The Labute approximate surface area is 132 Å². The van der Waals surface area contributed by atoms with Crippen LogP contribution in [-0.4, -0.2) is 55.2 Å². The van der Waals surface area contributed by atoms with E-state index in [4.69, 9.17) is 4.55 Å². The van der Waals surface area contributed by atoms with Crippen molar-refractivity contribution in [1.82, 2.24) is 5.32 Å². The highest BCUT2D eigenvalue weighted by Crippen LogP contribution is 2.37. The van der Waals surface area contributed by atoms with Gasteiger partial charge in [-0.3, -0.25) is 9.35 Å². The predicted molar refractivity (Wildman–Crippen MR) is 66.2 cm³/mol. The summed E-state index contributed by atoms with van der Waals surface area (Å²) in [5.74, 6) is -8.64. The number of hydrogen-bond acceptors (Lipinski definition) is 6. The molecule has 0 aromatic heterocycles. The summed E-state index contributed by atoms with van der Waals surface area (Å²) in [4.78, 5) is 22.7. The van der Waals surface area contributed by atoms with Crippen LogP contribution in [0.1, 0.15) is 6.92 Å². The molecular weight excluding hydrogens is 373 g/mol. The smallest absolute Gasteiger partial charge is 0.412 e. The average molecular weight is 385 g/mol. The topological polar surface area (TPSA) is 119 Å². The standard InChI is InChI=1S/C10H12F5NO7S/c1-3-6(17)23-9(10(13,14)15,7(18)16-4-2)22-5-8(11,12)24(19,20)21/h3H,1,4-5H2,2H3,(H,16,18)(H,19,20,21). The van der Waals surface area contributed by atoms with Crippen LogP contribution in [0.2, 0.25) is 0 Å². The van der Waals surface area contributed by atoms with Crippen molar-refractivity contribution in [2.24, 2.45) is 0 Å². The Morgan fingerprint density at radius 3 is 2.08 bits per heavy atom. The van der Waals surface area contributed by atoms with Gasteiger partial charge in [0.1, 0.15) is 6.61 Å². The number of hydrogen-bond donors (Lipinski definition) is 2. The SMILES string of the molecule is C=CC(=O)OC(OCC(F)(F)S(=O)(=O)O)(C(=O)NCC)C(F)(F)F. The minimum absolute atomic E-state index is 0.185. The minimum atomic E-state index is -6.16. The van der Waals surface area contributed by atoms with Crippen LogP contribution in [0.15, 0.2) is 12.7 Å². The number of carbonyl (C=O) groups excluding carboxylic acids is 2. The van der Waals surface area contributed by atoms with E-state index in [-0.39, 0.29) is 6.08 Å². The van der Waals surface area contributed by atoms with Crippen LogP contribution in [0.3, 0.4) is 0 Å². The summed E-state index contributed by atoms with van der Waals surface area (Å²) in [6, 6.07) is 0. The minimum Gasteiger partial charge on any atom is -0.412 e. The molecule has 0 saturated heterocycles. The summed E-state index contributed by atoms with van der Waals surface area (Å²) in [6.07, 6.45) is -5.69. The van der Waals surface area contributed by atoms with Gasteiger partial charge in [-0.15, -0.1) is 0 Å². The van der Waals surface area contributed by atoms with Gasteiger partial charge in [-0.1, -0.05) is 6.58 Å². The van der Waals surface area contributed by atoms with Gasteiger partial charge in [0.05, 0.1) is 0 Å². The molecule has 1 amide bonds. The number of amides is 1. The highest BCUT2D eigenvalue weighted by molar-refractivity contribution is 7.86. The van der Waals surface area contributed by atoms with Crippen molar-refractivity contribution < 1.29 is 54.0 Å². The number of ether oxygens (including phenoxy) is 2. The van der Waals surface area contributed by atoms with Crippen molar-refractivity contribution >= 4 is 22.0 Å². The summed E-state index contributed by atoms with van der Waals surface area (Å²) >= 11 is 0. The molecule has 1 atom stereocenters. The zero-order valence-corrected chi connectivity index (χ0v) is 12.7. The third-order valence-corrected chi connectivity index (χ3v) is 3.11. The molecule has 0 spiro atoms. The maximum absolute atomic E-state index is 13.2. The second-order valence-electron chi connectivity index (χ2n) is 4.00. The molecular formula is C10H12F5NO7S. The van der Waals surface area contributed by atoms with E-state index in [0.717, 1.165) is 6.92 Å². The Hall–Kier alpha value is -1.80. The van der Waals surface area contributed by atoms with Crippen LogP contribution in [-0.2, 0) is 29.2 Å². The van der Waals surface area contributed by atoms with Crippen molar-refractivity contribution in [3.05, 3.63) is 12.7 Å². The van der Waals surface area contributed by atoms with Gasteiger partial charge in [-0.05, 0) is 6.92 Å². The Balaban J connectivity index is 5.96. The lowest BCUT2D eigenvalue weighted by molar-refractivity contribution is -0.352. The number of rotatable bonds is 8. The molecule has 1 unspecified atom stereocenters. The molecule has 14 heteroatoms. The summed E-state index contributed by atoms with van der Waals surface area (Å²) in [7, 11) is -6.16. The molecule has 2 N–H and O–H groups in total. The first kappa shape index (κ1) is 22.2. The summed E-state index contributed by atoms with van der Waals surface area (Å²) < 4.78 is 102. The molecule has 0 heterocycles. The van der Waals surface area contributed by atoms with E-state index in [1.807, 2.05) is 0 Å². The van der Waals surface area contributed by atoms with E-state index in [1.165, 1.54) is 0 Å². The van der Waals surface area contributed by atoms with E-state index < -0.39 is 52.4 Å². The molecule has 0 aromatic carbocycles. The molecule has 0 fully saturated rings. The molecule has 0 aliphatic rings. The van der Waals surface area contributed by atoms with Gasteiger partial charge in [0.15, 0.2) is 0 Å². The third kappa shape index (κ3) is 4.85. The van der Waals surface area contributed by atoms with E-state index in [2.05, 4.69) is 16.1 Å². The van der Waals surface area contributed by atoms with Gasteiger partial charge in [0.2, 0.25) is 0 Å². The fourth-order valence-electron chi connectivity index (χ4n) is 1.13. The maximum atomic E-state index is 13.2. The Morgan fingerprint density at radius 1 is 1.25 bits per heavy atom. The van der Waals surface area contributed by atoms with E-state index >= 15 is 0 Å². The monoisotopic (exact) mass is 385 g/mol. The molecule has 0 radical (unpaired) electrons. The van der Waals surface area contributed by atoms with Gasteiger partial charge in [0.25, 0.3) is 0 Å². The first-order valence-corrected chi connectivity index (χ1v) is 7.28. The summed E-state index contributed by atoms with van der Waals surface area (Å²) in [5, 5.41) is -3.67. The van der Waals surface area contributed by atoms with Gasteiger partial charge < -0.3 is 14.8 Å². The van der Waals surface area contributed by atoms with Crippen molar-refractivity contribution in [3.8, 4) is 0 Å². The van der Waals surface area contributed by atoms with Crippen LogP contribution in [0.25, 0.3) is 0 Å². The van der Waals surface area contributed by atoms with E-state index in [0.29, 0.717) is 0 Å². The molecule has 0 saturated carbocycles. The fraction of sp³-hybridized carbons (Fsp3) is 0.600. The lowest BCUT2D eigenvalue weighted by Gasteiger charge is -2.33. The van der Waals surface area contributed by atoms with E-state index in [9.17, 15) is 40.0 Å². The fourth-order valence-corrected chi connectivity index (χ4v) is 1.34. The van der Waals surface area contributed by atoms with Crippen molar-refractivity contribution in [2.45, 2.75) is 24.1 Å². The van der Waals surface area contributed by atoms with Crippen LogP contribution >= 0.6 is 0 Å². The van der Waals surface area contributed by atoms with Gasteiger partial charge in [0, 0.05) is 12.6 Å². The van der Waals surface area contributed by atoms with Crippen LogP contribution in [0, 0.1) is 0 Å². The quantitative estimate of drug-likeness (QED) is 0.207. The maximum Gasteiger partial charge on any atom is 0.466 e. The van der Waals surface area contributed by atoms with Crippen molar-refractivity contribution in [2.75, 3.05) is 13.2 Å². The summed E-state index contributed by atoms with van der Waals surface area (Å²) in [5.41, 5.74) is 0. The number of nitrogens with one attached hydrogen (secondary N) is 1. The zero-order chi connectivity index (χ0) is 19.4. The molecule has 0 rings (SSSR count). The first-order valence-electron chi connectivity index (χ1n) is 5.84. The van der Waals surface area contributed by atoms with Gasteiger partial charge >= 0.3 is 39.2 Å². The summed E-state index contributed by atoms with van der Waals surface area (Å²) in [6.45, 7) is 0.845. The zero-order valence-electron chi connectivity index (χ0n) is 11.9.